The Kier molecular flexibility index (Phi) is 5.11. The summed E-state index contributed by atoms with van der Waals surface area (Å²) < 4.78 is 23.3. The molecule has 0 unspecified atom stereocenters. The molecule has 23 heavy (non-hydrogen) atoms. The Labute approximate surface area is 133 Å². The number of carbonyl (C=O) groups is 1. The number of hydrogen-bond donors (Lipinski definition) is 0. The number of hydrogen-bond acceptors (Lipinski definition) is 4. The third kappa shape index (κ3) is 3.74. The van der Waals surface area contributed by atoms with E-state index >= 15 is 0 Å². The zero-order chi connectivity index (χ0) is 16.8. The second-order valence-electron chi connectivity index (χ2n) is 4.61. The quantitative estimate of drug-likeness (QED) is 0.480. The molecular weight excluding hydrogens is 297 g/mol. The van der Waals surface area contributed by atoms with Crippen molar-refractivity contribution in [3.63, 3.8) is 0 Å². The number of Topliss-reactive ketones (excluding diaryl/α,β-unsaturated/α-hetero) is 1. The Morgan fingerprint density at radius 2 is 1.83 bits per heavy atom. The van der Waals surface area contributed by atoms with Crippen LogP contribution in [-0.4, -0.2) is 20.0 Å². The lowest BCUT2D eigenvalue weighted by atomic mass is 10.0. The van der Waals surface area contributed by atoms with Gasteiger partial charge >= 0.3 is 0 Å². The number of rotatable bonds is 5. The molecule has 0 atom stereocenters. The molecule has 4 nitrogen and oxygen atoms in total. The van der Waals surface area contributed by atoms with E-state index in [1.807, 2.05) is 6.07 Å². The lowest BCUT2D eigenvalue weighted by Gasteiger charge is -2.08. The molecule has 0 bridgehead atoms. The predicted octanol–water partition coefficient (Wildman–Crippen LogP) is 3.63. The highest BCUT2D eigenvalue weighted by Gasteiger charge is 2.13. The van der Waals surface area contributed by atoms with Crippen LogP contribution in [-0.2, 0) is 0 Å². The van der Waals surface area contributed by atoms with Gasteiger partial charge in [0, 0.05) is 17.2 Å². The smallest absolute Gasteiger partial charge is 0.203 e. The largest absolute Gasteiger partial charge is 0.497 e. The monoisotopic (exact) mass is 311 g/mol. The third-order valence-corrected chi connectivity index (χ3v) is 3.21. The maximum absolute atomic E-state index is 12.9. The van der Waals surface area contributed by atoms with Gasteiger partial charge in [0.05, 0.1) is 14.2 Å². The summed E-state index contributed by atoms with van der Waals surface area (Å²) in [5.74, 6) is 0.151. The molecule has 2 rings (SSSR count). The van der Waals surface area contributed by atoms with Gasteiger partial charge in [0.15, 0.2) is 0 Å². The van der Waals surface area contributed by atoms with E-state index in [0.717, 1.165) is 0 Å². The molecule has 0 saturated carbocycles. The van der Waals surface area contributed by atoms with E-state index in [0.29, 0.717) is 17.1 Å². The standard InChI is InChI=1S/C18H14FNO3/c1-22-16-8-5-13(17(10-16)23-2)9-14(11-20)18(21)12-3-6-15(19)7-4-12/h3-10H,1-2H3/b14-9+. The topological polar surface area (TPSA) is 59.3 Å². The Bertz CT molecular complexity index is 789. The van der Waals surface area contributed by atoms with Gasteiger partial charge in [-0.3, -0.25) is 4.79 Å². The summed E-state index contributed by atoms with van der Waals surface area (Å²) in [5.41, 5.74) is 0.743. The van der Waals surface area contributed by atoms with Gasteiger partial charge in [-0.2, -0.15) is 5.26 Å². The molecule has 0 radical (unpaired) electrons. The average Bonchev–Trinajstić information content (AvgIpc) is 2.59. The first kappa shape index (κ1) is 16.2. The van der Waals surface area contributed by atoms with Gasteiger partial charge in [-0.25, -0.2) is 4.39 Å². The van der Waals surface area contributed by atoms with E-state index in [4.69, 9.17) is 9.47 Å². The van der Waals surface area contributed by atoms with Crippen molar-refractivity contribution >= 4 is 11.9 Å². The summed E-state index contributed by atoms with van der Waals surface area (Å²) in [6, 6.07) is 12.0. The van der Waals surface area contributed by atoms with Gasteiger partial charge in [-0.05, 0) is 42.5 Å². The Hall–Kier alpha value is -3.13. The highest BCUT2D eigenvalue weighted by molar-refractivity contribution is 6.14. The van der Waals surface area contributed by atoms with Crippen molar-refractivity contribution in [3.8, 4) is 17.6 Å². The van der Waals surface area contributed by atoms with Gasteiger partial charge < -0.3 is 9.47 Å². The molecule has 5 heteroatoms. The second-order valence-corrected chi connectivity index (χ2v) is 4.61. The SMILES string of the molecule is COc1ccc(/C=C(\C#N)C(=O)c2ccc(F)cc2)c(OC)c1. The van der Waals surface area contributed by atoms with Crippen LogP contribution >= 0.6 is 0 Å². The number of benzene rings is 2. The number of nitriles is 1. The van der Waals surface area contributed by atoms with Crippen molar-refractivity contribution < 1.29 is 18.7 Å². The third-order valence-electron chi connectivity index (χ3n) is 3.21. The molecule has 0 N–H and O–H groups in total. The molecule has 0 saturated heterocycles. The fourth-order valence-corrected chi connectivity index (χ4v) is 2.00. The molecule has 0 aliphatic carbocycles. The highest BCUT2D eigenvalue weighted by atomic mass is 19.1. The first-order chi connectivity index (χ1) is 11.1. The van der Waals surface area contributed by atoms with Crippen LogP contribution < -0.4 is 9.47 Å². The van der Waals surface area contributed by atoms with Gasteiger partial charge in [0.1, 0.15) is 29.0 Å². The molecule has 0 amide bonds. The van der Waals surface area contributed by atoms with Crippen molar-refractivity contribution in [1.82, 2.24) is 0 Å². The van der Waals surface area contributed by atoms with E-state index in [1.165, 1.54) is 44.6 Å². The normalized spacial score (nSPS) is 10.8. The lowest BCUT2D eigenvalue weighted by molar-refractivity contribution is 0.104. The maximum atomic E-state index is 12.9. The number of halogens is 1. The maximum Gasteiger partial charge on any atom is 0.203 e. The van der Waals surface area contributed by atoms with Crippen LogP contribution in [0.15, 0.2) is 48.0 Å². The van der Waals surface area contributed by atoms with Crippen LogP contribution in [0.3, 0.4) is 0 Å². The van der Waals surface area contributed by atoms with Crippen molar-refractivity contribution in [2.75, 3.05) is 14.2 Å². The predicted molar refractivity (Wildman–Crippen MR) is 83.9 cm³/mol. The molecule has 0 spiro atoms. The van der Waals surface area contributed by atoms with E-state index in [-0.39, 0.29) is 11.1 Å². The molecule has 0 aliphatic heterocycles. The summed E-state index contributed by atoms with van der Waals surface area (Å²) >= 11 is 0. The van der Waals surface area contributed by atoms with Gasteiger partial charge in [0.25, 0.3) is 0 Å². The van der Waals surface area contributed by atoms with Gasteiger partial charge in [0.2, 0.25) is 5.78 Å². The molecule has 0 aromatic heterocycles. The zero-order valence-corrected chi connectivity index (χ0v) is 12.7. The number of methoxy groups -OCH3 is 2. The molecule has 0 fully saturated rings. The molecule has 2 aromatic carbocycles. The van der Waals surface area contributed by atoms with E-state index in [9.17, 15) is 14.4 Å². The minimum atomic E-state index is -0.481. The van der Waals surface area contributed by atoms with Gasteiger partial charge in [-0.1, -0.05) is 0 Å². The summed E-state index contributed by atoms with van der Waals surface area (Å²) in [6.07, 6.45) is 1.43. The van der Waals surface area contributed by atoms with Crippen molar-refractivity contribution in [1.29, 1.82) is 5.26 Å². The summed E-state index contributed by atoms with van der Waals surface area (Å²) in [7, 11) is 3.02. The number of nitrogens with zero attached hydrogens (tertiary/aromatic N) is 1. The zero-order valence-electron chi connectivity index (χ0n) is 12.7. The van der Waals surface area contributed by atoms with E-state index in [2.05, 4.69) is 0 Å². The summed E-state index contributed by atoms with van der Waals surface area (Å²) in [5, 5.41) is 9.26. The van der Waals surface area contributed by atoms with Crippen molar-refractivity contribution in [3.05, 3.63) is 65.0 Å². The number of allylic oxidation sites excluding steroid dienone is 1. The Morgan fingerprint density at radius 1 is 1.13 bits per heavy atom. The number of ketones is 1. The minimum Gasteiger partial charge on any atom is -0.497 e. The molecule has 116 valence electrons. The minimum absolute atomic E-state index is 0.0694. The summed E-state index contributed by atoms with van der Waals surface area (Å²) in [6.45, 7) is 0. The molecular formula is C18H14FNO3. The van der Waals surface area contributed by atoms with E-state index < -0.39 is 11.6 Å². The van der Waals surface area contributed by atoms with Crippen LogP contribution in [0, 0.1) is 17.1 Å². The molecule has 0 heterocycles. The Balaban J connectivity index is 2.41. The molecule has 0 aliphatic rings. The highest BCUT2D eigenvalue weighted by Crippen LogP contribution is 2.27. The first-order valence-corrected chi connectivity index (χ1v) is 6.73. The van der Waals surface area contributed by atoms with Crippen LogP contribution in [0.25, 0.3) is 6.08 Å². The van der Waals surface area contributed by atoms with Crippen LogP contribution in [0.5, 0.6) is 11.5 Å². The fraction of sp³-hybridized carbons (Fsp3) is 0.111. The van der Waals surface area contributed by atoms with Gasteiger partial charge in [-0.15, -0.1) is 0 Å². The summed E-state index contributed by atoms with van der Waals surface area (Å²) in [4.78, 5) is 12.3. The van der Waals surface area contributed by atoms with Crippen LogP contribution in [0.1, 0.15) is 15.9 Å². The van der Waals surface area contributed by atoms with Crippen molar-refractivity contribution in [2.24, 2.45) is 0 Å². The average molecular weight is 311 g/mol. The van der Waals surface area contributed by atoms with E-state index in [1.54, 1.807) is 18.2 Å². The van der Waals surface area contributed by atoms with Crippen molar-refractivity contribution in [2.45, 2.75) is 0 Å². The number of ether oxygens (including phenoxy) is 2. The van der Waals surface area contributed by atoms with Crippen LogP contribution in [0.4, 0.5) is 4.39 Å². The second kappa shape index (κ2) is 7.23. The Morgan fingerprint density at radius 3 is 2.39 bits per heavy atom. The number of carbonyl (C=O) groups excluding carboxylic acids is 1. The molecule has 2 aromatic rings. The lowest BCUT2D eigenvalue weighted by Crippen LogP contribution is -2.02. The fourth-order valence-electron chi connectivity index (χ4n) is 2.00. The van der Waals surface area contributed by atoms with Crippen LogP contribution in [0.2, 0.25) is 0 Å². The first-order valence-electron chi connectivity index (χ1n) is 6.73.